The predicted octanol–water partition coefficient (Wildman–Crippen LogP) is 5.79. The third-order valence-corrected chi connectivity index (χ3v) is 7.20. The summed E-state index contributed by atoms with van der Waals surface area (Å²) in [5.41, 5.74) is 4.69. The molecule has 0 aromatic heterocycles. The largest absolute Gasteiger partial charge is 0.385 e. The van der Waals surface area contributed by atoms with E-state index in [0.29, 0.717) is 5.92 Å². The molecule has 1 fully saturated rings. The number of hydrogen-bond donors (Lipinski definition) is 1. The minimum absolute atomic E-state index is 0.142. The van der Waals surface area contributed by atoms with Gasteiger partial charge < -0.3 is 5.32 Å². The van der Waals surface area contributed by atoms with Crippen LogP contribution < -0.4 is 5.32 Å². The highest BCUT2D eigenvalue weighted by molar-refractivity contribution is 6.00. The summed E-state index contributed by atoms with van der Waals surface area (Å²) in [5, 5.41) is 3.67. The van der Waals surface area contributed by atoms with Crippen molar-refractivity contribution in [1.82, 2.24) is 4.90 Å². The number of para-hydroxylation sites is 1. The van der Waals surface area contributed by atoms with Gasteiger partial charge in [-0.3, -0.25) is 9.69 Å². The summed E-state index contributed by atoms with van der Waals surface area (Å²) < 4.78 is 0. The number of ketones is 1. The number of likely N-dealkylation sites (tertiary alicyclic amines) is 1. The van der Waals surface area contributed by atoms with Crippen LogP contribution in [0.3, 0.4) is 0 Å². The number of nitrogens with one attached hydrogen (secondary N) is 1. The fraction of sp³-hybridized carbons (Fsp3) is 0.345. The monoisotopic (exact) mass is 424 g/mol. The van der Waals surface area contributed by atoms with Gasteiger partial charge in [0.15, 0.2) is 5.78 Å². The number of fused-ring (bicyclic) bond motifs is 1. The molecule has 0 aliphatic carbocycles. The molecule has 1 N–H and O–H groups in total. The van der Waals surface area contributed by atoms with E-state index < -0.39 is 0 Å². The minimum atomic E-state index is -0.142. The Morgan fingerprint density at radius 3 is 2.22 bits per heavy atom. The second-order valence-corrected chi connectivity index (χ2v) is 9.21. The molecule has 3 aromatic carbocycles. The highest BCUT2D eigenvalue weighted by atomic mass is 16.1. The minimum Gasteiger partial charge on any atom is -0.385 e. The maximum absolute atomic E-state index is 14.1. The van der Waals surface area contributed by atoms with Crippen molar-refractivity contribution in [3.8, 4) is 0 Å². The predicted molar refractivity (Wildman–Crippen MR) is 131 cm³/mol. The van der Waals surface area contributed by atoms with E-state index in [1.165, 1.54) is 36.1 Å². The Labute approximate surface area is 191 Å². The average molecular weight is 425 g/mol. The third-order valence-electron chi connectivity index (χ3n) is 7.20. The molecule has 164 valence electrons. The Balaban J connectivity index is 1.57. The molecule has 0 spiro atoms. The van der Waals surface area contributed by atoms with Crippen molar-refractivity contribution >= 4 is 11.5 Å². The lowest BCUT2D eigenvalue weighted by molar-refractivity contribution is 0.0687. The van der Waals surface area contributed by atoms with E-state index in [9.17, 15) is 4.79 Å². The van der Waals surface area contributed by atoms with Gasteiger partial charge >= 0.3 is 0 Å². The van der Waals surface area contributed by atoms with E-state index in [1.54, 1.807) is 0 Å². The number of anilines is 1. The first-order valence-electron chi connectivity index (χ1n) is 12.0. The van der Waals surface area contributed by atoms with Crippen molar-refractivity contribution < 1.29 is 4.79 Å². The van der Waals surface area contributed by atoms with Gasteiger partial charge in [0, 0.05) is 23.7 Å². The van der Waals surface area contributed by atoms with E-state index in [-0.39, 0.29) is 17.7 Å². The molecule has 32 heavy (non-hydrogen) atoms. The van der Waals surface area contributed by atoms with Crippen LogP contribution >= 0.6 is 0 Å². The number of rotatable bonds is 6. The molecule has 2 aliphatic heterocycles. The van der Waals surface area contributed by atoms with Crippen molar-refractivity contribution in [2.45, 2.75) is 37.6 Å². The normalized spacial score (nSPS) is 20.6. The SMILES string of the molecule is O=C(c1ccccc1)[C@H]([C@H](c1ccccc1)[C@H]1CNc2ccccc2C1)N1CCCCC1. The maximum Gasteiger partial charge on any atom is 0.180 e. The first-order chi connectivity index (χ1) is 15.8. The van der Waals surface area contributed by atoms with Crippen LogP contribution in [0.4, 0.5) is 5.69 Å². The van der Waals surface area contributed by atoms with E-state index in [4.69, 9.17) is 0 Å². The molecule has 5 rings (SSSR count). The number of hydrogen-bond acceptors (Lipinski definition) is 3. The molecule has 2 aliphatic rings. The van der Waals surface area contributed by atoms with Crippen molar-refractivity contribution in [3.63, 3.8) is 0 Å². The topological polar surface area (TPSA) is 32.3 Å². The van der Waals surface area contributed by atoms with Gasteiger partial charge in [0.2, 0.25) is 0 Å². The summed E-state index contributed by atoms with van der Waals surface area (Å²) in [7, 11) is 0. The van der Waals surface area contributed by atoms with E-state index in [1.807, 2.05) is 30.3 Å². The fourth-order valence-electron chi connectivity index (χ4n) is 5.63. The summed E-state index contributed by atoms with van der Waals surface area (Å²) in [5.74, 6) is 0.759. The number of Topliss-reactive ketones (excluding diaryl/α,β-unsaturated/α-hetero) is 1. The second kappa shape index (κ2) is 9.70. The smallest absolute Gasteiger partial charge is 0.180 e. The summed E-state index contributed by atoms with van der Waals surface area (Å²) >= 11 is 0. The standard InChI is InChI=1S/C29H32N2O/c32-29(23-14-6-2-7-15-23)28(31-18-10-3-11-19-31)27(22-12-4-1-5-13-22)25-20-24-16-8-9-17-26(24)30-21-25/h1-2,4-9,12-17,25,27-28,30H,3,10-11,18-21H2/t25-,27-,28+/m1/s1. The molecule has 3 atom stereocenters. The Hall–Kier alpha value is -2.91. The Morgan fingerprint density at radius 1 is 0.812 bits per heavy atom. The summed E-state index contributed by atoms with van der Waals surface area (Å²) in [6.45, 7) is 2.90. The van der Waals surface area contributed by atoms with Gasteiger partial charge in [-0.2, -0.15) is 0 Å². The molecular weight excluding hydrogens is 392 g/mol. The van der Waals surface area contributed by atoms with Crippen LogP contribution in [0.1, 0.15) is 46.7 Å². The van der Waals surface area contributed by atoms with Crippen LogP contribution in [0.15, 0.2) is 84.9 Å². The second-order valence-electron chi connectivity index (χ2n) is 9.21. The van der Waals surface area contributed by atoms with Gasteiger partial charge in [0.25, 0.3) is 0 Å². The Bertz CT molecular complexity index is 1030. The lowest BCUT2D eigenvalue weighted by Gasteiger charge is -2.43. The van der Waals surface area contributed by atoms with Gasteiger partial charge in [0.1, 0.15) is 0 Å². The van der Waals surface area contributed by atoms with Crippen LogP contribution in [-0.2, 0) is 6.42 Å². The van der Waals surface area contributed by atoms with E-state index >= 15 is 0 Å². The third kappa shape index (κ3) is 4.35. The summed E-state index contributed by atoms with van der Waals surface area (Å²) in [4.78, 5) is 16.6. The number of nitrogens with zero attached hydrogens (tertiary/aromatic N) is 1. The molecule has 3 heteroatoms. The number of carbonyl (C=O) groups excluding carboxylic acids is 1. The molecule has 0 saturated carbocycles. The molecule has 3 nitrogen and oxygen atoms in total. The number of benzene rings is 3. The van der Waals surface area contributed by atoms with Crippen molar-refractivity contribution in [2.75, 3.05) is 25.0 Å². The van der Waals surface area contributed by atoms with Crippen LogP contribution in [0.5, 0.6) is 0 Å². The van der Waals surface area contributed by atoms with Crippen LogP contribution in [0, 0.1) is 5.92 Å². The van der Waals surface area contributed by atoms with Crippen molar-refractivity contribution in [1.29, 1.82) is 0 Å². The van der Waals surface area contributed by atoms with Crippen molar-refractivity contribution in [3.05, 3.63) is 102 Å². The van der Waals surface area contributed by atoms with Crippen molar-refractivity contribution in [2.24, 2.45) is 5.92 Å². The maximum atomic E-state index is 14.1. The highest BCUT2D eigenvalue weighted by Crippen LogP contribution is 2.39. The molecular formula is C29H32N2O. The van der Waals surface area contributed by atoms with E-state index in [0.717, 1.165) is 31.6 Å². The molecule has 0 bridgehead atoms. The lowest BCUT2D eigenvalue weighted by atomic mass is 9.73. The number of carbonyl (C=O) groups is 1. The fourth-order valence-corrected chi connectivity index (χ4v) is 5.63. The molecule has 0 radical (unpaired) electrons. The molecule has 0 amide bonds. The Kier molecular flexibility index (Phi) is 6.36. The highest BCUT2D eigenvalue weighted by Gasteiger charge is 2.40. The van der Waals surface area contributed by atoms with Gasteiger partial charge in [-0.05, 0) is 55.5 Å². The zero-order chi connectivity index (χ0) is 21.8. The molecule has 1 saturated heterocycles. The quantitative estimate of drug-likeness (QED) is 0.508. The average Bonchev–Trinajstić information content (AvgIpc) is 2.88. The van der Waals surface area contributed by atoms with Gasteiger partial charge in [0.05, 0.1) is 6.04 Å². The van der Waals surface area contributed by atoms with Crippen LogP contribution in [0.2, 0.25) is 0 Å². The summed E-state index contributed by atoms with van der Waals surface area (Å²) in [6.07, 6.45) is 4.60. The molecule has 3 aromatic rings. The van der Waals surface area contributed by atoms with Gasteiger partial charge in [-0.1, -0.05) is 85.3 Å². The first kappa shape index (κ1) is 21.0. The first-order valence-corrected chi connectivity index (χ1v) is 12.0. The van der Waals surface area contributed by atoms with Crippen LogP contribution in [-0.4, -0.2) is 36.4 Å². The van der Waals surface area contributed by atoms with Crippen LogP contribution in [0.25, 0.3) is 0 Å². The Morgan fingerprint density at radius 2 is 1.47 bits per heavy atom. The lowest BCUT2D eigenvalue weighted by Crippen LogP contribution is -2.50. The van der Waals surface area contributed by atoms with Gasteiger partial charge in [-0.15, -0.1) is 0 Å². The zero-order valence-electron chi connectivity index (χ0n) is 18.6. The zero-order valence-corrected chi connectivity index (χ0v) is 18.6. The van der Waals surface area contributed by atoms with Gasteiger partial charge in [-0.25, -0.2) is 0 Å². The summed E-state index contributed by atoms with van der Waals surface area (Å²) in [6, 6.07) is 29.1. The molecule has 0 unspecified atom stereocenters. The number of piperidine rings is 1. The van der Waals surface area contributed by atoms with E-state index in [2.05, 4.69) is 64.8 Å². The molecule has 2 heterocycles.